The zero-order valence-electron chi connectivity index (χ0n) is 16.2. The van der Waals surface area contributed by atoms with E-state index >= 15 is 0 Å². The molecule has 4 rings (SSSR count). The molecule has 2 aromatic heterocycles. The fourth-order valence-electron chi connectivity index (χ4n) is 3.03. The fourth-order valence-corrected chi connectivity index (χ4v) is 3.54. The topological polar surface area (TPSA) is 71.5 Å². The first-order valence-electron chi connectivity index (χ1n) is 9.74. The molecule has 0 amide bonds. The fraction of sp³-hybridized carbons (Fsp3) is 0.500. The van der Waals surface area contributed by atoms with Gasteiger partial charge in [0.2, 0.25) is 0 Å². The molecule has 0 spiro atoms. The molecule has 8 heteroatoms. The van der Waals surface area contributed by atoms with Gasteiger partial charge in [0.25, 0.3) is 0 Å². The standard InChI is InChI=1S/C20H26BrN5O2/c1-13-3-5-17(27-11-15-7-9-22-15)19(24-13)26(21)20-18(6-4-14(2)25-20)28-12-16-8-10-23-16/h3-6,15-16,22-23H,7-12H2,1-2H3/t15-,16-/m0/s1. The predicted molar refractivity (Wildman–Crippen MR) is 113 cm³/mol. The summed E-state index contributed by atoms with van der Waals surface area (Å²) < 4.78 is 13.9. The van der Waals surface area contributed by atoms with Crippen LogP contribution in [0.4, 0.5) is 11.6 Å². The summed E-state index contributed by atoms with van der Waals surface area (Å²) >= 11 is 3.66. The van der Waals surface area contributed by atoms with Crippen LogP contribution in [-0.2, 0) is 0 Å². The molecular formula is C20H26BrN5O2. The van der Waals surface area contributed by atoms with E-state index in [0.717, 1.165) is 37.3 Å². The SMILES string of the molecule is Cc1ccc(OC[C@@H]2CCN2)c(N(Br)c2nc(C)ccc2OC[C@@H]2CCN2)n1. The Kier molecular flexibility index (Phi) is 5.99. The summed E-state index contributed by atoms with van der Waals surface area (Å²) in [6.07, 6.45) is 2.28. The molecule has 2 N–H and O–H groups in total. The molecule has 0 radical (unpaired) electrons. The molecule has 2 atom stereocenters. The van der Waals surface area contributed by atoms with Crippen molar-refractivity contribution in [2.24, 2.45) is 0 Å². The first kappa shape index (κ1) is 19.4. The molecule has 2 fully saturated rings. The summed E-state index contributed by atoms with van der Waals surface area (Å²) in [5.41, 5.74) is 1.81. The van der Waals surface area contributed by atoms with Crippen molar-refractivity contribution < 1.29 is 9.47 Å². The summed E-state index contributed by atoms with van der Waals surface area (Å²) in [6.45, 7) is 7.28. The number of aryl methyl sites for hydroxylation is 2. The molecular weight excluding hydrogens is 422 g/mol. The molecule has 0 aliphatic carbocycles. The van der Waals surface area contributed by atoms with E-state index in [-0.39, 0.29) is 0 Å². The van der Waals surface area contributed by atoms with E-state index in [1.54, 1.807) is 3.93 Å². The van der Waals surface area contributed by atoms with E-state index in [9.17, 15) is 0 Å². The van der Waals surface area contributed by atoms with Crippen molar-refractivity contribution >= 4 is 27.8 Å². The van der Waals surface area contributed by atoms with Crippen molar-refractivity contribution in [2.75, 3.05) is 30.2 Å². The largest absolute Gasteiger partial charge is 0.488 e. The lowest BCUT2D eigenvalue weighted by Gasteiger charge is -2.29. The Morgan fingerprint density at radius 2 is 1.32 bits per heavy atom. The minimum absolute atomic E-state index is 0.406. The zero-order valence-corrected chi connectivity index (χ0v) is 17.8. The molecule has 150 valence electrons. The van der Waals surface area contributed by atoms with E-state index in [2.05, 4.69) is 26.8 Å². The van der Waals surface area contributed by atoms with Crippen molar-refractivity contribution in [1.29, 1.82) is 0 Å². The maximum absolute atomic E-state index is 6.06. The van der Waals surface area contributed by atoms with Gasteiger partial charge in [-0.25, -0.2) is 13.9 Å². The van der Waals surface area contributed by atoms with Crippen LogP contribution in [0, 0.1) is 13.8 Å². The van der Waals surface area contributed by atoms with Gasteiger partial charge in [-0.1, -0.05) is 0 Å². The third-order valence-electron chi connectivity index (χ3n) is 5.06. The molecule has 0 saturated carbocycles. The number of nitrogens with one attached hydrogen (secondary N) is 2. The highest BCUT2D eigenvalue weighted by molar-refractivity contribution is 9.10. The van der Waals surface area contributed by atoms with Crippen LogP contribution in [0.2, 0.25) is 0 Å². The Hall–Kier alpha value is -1.90. The van der Waals surface area contributed by atoms with Gasteiger partial charge in [-0.2, -0.15) is 0 Å². The van der Waals surface area contributed by atoms with Crippen molar-refractivity contribution in [3.63, 3.8) is 0 Å². The highest BCUT2D eigenvalue weighted by Crippen LogP contribution is 2.39. The highest BCUT2D eigenvalue weighted by Gasteiger charge is 2.23. The summed E-state index contributed by atoms with van der Waals surface area (Å²) in [6, 6.07) is 8.64. The zero-order chi connectivity index (χ0) is 19.5. The van der Waals surface area contributed by atoms with Crippen molar-refractivity contribution in [3.8, 4) is 11.5 Å². The summed E-state index contributed by atoms with van der Waals surface area (Å²) in [7, 11) is 0. The van der Waals surface area contributed by atoms with Gasteiger partial charge in [0, 0.05) is 23.5 Å². The first-order chi connectivity index (χ1) is 13.6. The highest BCUT2D eigenvalue weighted by atomic mass is 79.9. The first-order valence-corrected chi connectivity index (χ1v) is 10.4. The van der Waals surface area contributed by atoms with Crippen LogP contribution in [0.25, 0.3) is 0 Å². The van der Waals surface area contributed by atoms with Gasteiger partial charge in [0.05, 0.1) is 16.1 Å². The number of hydrogen-bond donors (Lipinski definition) is 2. The molecule has 28 heavy (non-hydrogen) atoms. The van der Waals surface area contributed by atoms with Crippen LogP contribution in [-0.4, -0.2) is 48.4 Å². The minimum Gasteiger partial charge on any atom is -0.488 e. The van der Waals surface area contributed by atoms with Crippen LogP contribution >= 0.6 is 16.1 Å². The number of ether oxygens (including phenoxy) is 2. The second-order valence-electron chi connectivity index (χ2n) is 7.33. The Bertz CT molecular complexity index is 759. The molecule has 0 aromatic carbocycles. The molecule has 7 nitrogen and oxygen atoms in total. The lowest BCUT2D eigenvalue weighted by atomic mass is 10.1. The quantitative estimate of drug-likeness (QED) is 0.602. The summed E-state index contributed by atoms with van der Waals surface area (Å²) in [5.74, 6) is 2.77. The minimum atomic E-state index is 0.406. The normalized spacial score (nSPS) is 20.8. The van der Waals surface area contributed by atoms with Crippen LogP contribution in [0.1, 0.15) is 24.2 Å². The Balaban J connectivity index is 1.57. The number of nitrogens with zero attached hydrogens (tertiary/aromatic N) is 3. The van der Waals surface area contributed by atoms with Crippen molar-refractivity contribution in [1.82, 2.24) is 20.6 Å². The number of rotatable bonds is 8. The lowest BCUT2D eigenvalue weighted by molar-refractivity contribution is 0.216. The van der Waals surface area contributed by atoms with E-state index in [1.807, 2.05) is 38.1 Å². The molecule has 0 bridgehead atoms. The Morgan fingerprint density at radius 3 is 1.68 bits per heavy atom. The summed E-state index contributed by atoms with van der Waals surface area (Å²) in [5, 5.41) is 6.71. The van der Waals surface area contributed by atoms with Crippen molar-refractivity contribution in [2.45, 2.75) is 38.8 Å². The molecule has 2 aromatic rings. The number of halogens is 1. The van der Waals surface area contributed by atoms with E-state index < -0.39 is 0 Å². The second kappa shape index (κ2) is 8.63. The third kappa shape index (κ3) is 4.39. The van der Waals surface area contributed by atoms with Crippen LogP contribution in [0.3, 0.4) is 0 Å². The van der Waals surface area contributed by atoms with E-state index in [0.29, 0.717) is 48.4 Å². The molecule has 4 heterocycles. The average Bonchev–Trinajstić information content (AvgIpc) is 2.60. The van der Waals surface area contributed by atoms with Gasteiger partial charge in [-0.3, -0.25) is 0 Å². The average molecular weight is 448 g/mol. The number of aromatic nitrogens is 2. The van der Waals surface area contributed by atoms with Crippen LogP contribution in [0.5, 0.6) is 11.5 Å². The maximum Gasteiger partial charge on any atom is 0.187 e. The van der Waals surface area contributed by atoms with Gasteiger partial charge in [-0.15, -0.1) is 0 Å². The van der Waals surface area contributed by atoms with Gasteiger partial charge >= 0.3 is 0 Å². The third-order valence-corrected chi connectivity index (χ3v) is 5.73. The van der Waals surface area contributed by atoms with Crippen molar-refractivity contribution in [3.05, 3.63) is 35.7 Å². The Labute approximate surface area is 174 Å². The molecule has 2 saturated heterocycles. The van der Waals surface area contributed by atoms with Gasteiger partial charge in [0.1, 0.15) is 13.2 Å². The Morgan fingerprint density at radius 1 is 0.893 bits per heavy atom. The van der Waals surface area contributed by atoms with Gasteiger partial charge < -0.3 is 20.1 Å². The van der Waals surface area contributed by atoms with Gasteiger partial charge in [-0.05, 0) is 64.0 Å². The maximum atomic E-state index is 6.06. The van der Waals surface area contributed by atoms with Gasteiger partial charge in [0.15, 0.2) is 23.1 Å². The monoisotopic (exact) mass is 447 g/mol. The van der Waals surface area contributed by atoms with E-state index in [4.69, 9.17) is 19.4 Å². The summed E-state index contributed by atoms with van der Waals surface area (Å²) in [4.78, 5) is 9.38. The lowest BCUT2D eigenvalue weighted by Crippen LogP contribution is -2.46. The smallest absolute Gasteiger partial charge is 0.187 e. The number of hydrogen-bond acceptors (Lipinski definition) is 7. The number of anilines is 2. The van der Waals surface area contributed by atoms with E-state index in [1.165, 1.54) is 0 Å². The molecule has 2 aliphatic heterocycles. The molecule has 0 unspecified atom stereocenters. The van der Waals surface area contributed by atoms with Crippen LogP contribution in [0.15, 0.2) is 24.3 Å². The number of pyridine rings is 2. The second-order valence-corrected chi connectivity index (χ2v) is 8.04. The van der Waals surface area contributed by atoms with Crippen LogP contribution < -0.4 is 24.0 Å². The molecule has 2 aliphatic rings. The predicted octanol–water partition coefficient (Wildman–Crippen LogP) is 3.02.